The van der Waals surface area contributed by atoms with Crippen molar-refractivity contribution in [2.75, 3.05) is 13.7 Å². The Morgan fingerprint density at radius 2 is 1.73 bits per heavy atom. The van der Waals surface area contributed by atoms with Gasteiger partial charge in [0.2, 0.25) is 5.91 Å². The fraction of sp³-hybridized carbons (Fsp3) is 0.818. The predicted octanol–water partition coefficient (Wildman–Crippen LogP) is 1.44. The van der Waals surface area contributed by atoms with Gasteiger partial charge in [-0.15, -0.1) is 0 Å². The maximum Gasteiger partial charge on any atom is 0.325 e. The summed E-state index contributed by atoms with van der Waals surface area (Å²) in [6.45, 7) is 7.78. The Bertz CT molecular complexity index is 224. The first-order valence-electron chi connectivity index (χ1n) is 5.24. The summed E-state index contributed by atoms with van der Waals surface area (Å²) >= 11 is 0. The zero-order valence-electron chi connectivity index (χ0n) is 10.2. The van der Waals surface area contributed by atoms with Gasteiger partial charge in [0.05, 0.1) is 7.11 Å². The van der Waals surface area contributed by atoms with E-state index >= 15 is 0 Å². The molecule has 0 aliphatic heterocycles. The van der Waals surface area contributed by atoms with Crippen molar-refractivity contribution in [3.8, 4) is 0 Å². The highest BCUT2D eigenvalue weighted by Gasteiger charge is 2.20. The number of hydrogen-bond acceptors (Lipinski definition) is 3. The van der Waals surface area contributed by atoms with Crippen LogP contribution in [0.15, 0.2) is 0 Å². The maximum absolute atomic E-state index is 11.8. The molecule has 88 valence electrons. The maximum atomic E-state index is 11.8. The first kappa shape index (κ1) is 13.9. The molecular formula is C11H21NO3. The van der Waals surface area contributed by atoms with E-state index in [1.807, 2.05) is 27.7 Å². The molecule has 0 aliphatic carbocycles. The van der Waals surface area contributed by atoms with Crippen LogP contribution in [0.5, 0.6) is 0 Å². The van der Waals surface area contributed by atoms with Gasteiger partial charge >= 0.3 is 5.97 Å². The number of esters is 1. The van der Waals surface area contributed by atoms with Crippen LogP contribution in [-0.2, 0) is 14.3 Å². The molecule has 0 radical (unpaired) electrons. The van der Waals surface area contributed by atoms with Crippen molar-refractivity contribution < 1.29 is 14.3 Å². The topological polar surface area (TPSA) is 46.6 Å². The Balaban J connectivity index is 4.39. The molecule has 0 spiro atoms. The van der Waals surface area contributed by atoms with Gasteiger partial charge in [-0.1, -0.05) is 13.8 Å². The van der Waals surface area contributed by atoms with Crippen molar-refractivity contribution in [1.82, 2.24) is 4.90 Å². The van der Waals surface area contributed by atoms with Gasteiger partial charge in [-0.05, 0) is 19.8 Å². The minimum atomic E-state index is -0.374. The highest BCUT2D eigenvalue weighted by molar-refractivity contribution is 5.82. The monoisotopic (exact) mass is 215 g/mol. The molecule has 0 N–H and O–H groups in total. The third-order valence-electron chi connectivity index (χ3n) is 2.05. The van der Waals surface area contributed by atoms with Crippen LogP contribution in [0.1, 0.15) is 34.1 Å². The van der Waals surface area contributed by atoms with E-state index in [-0.39, 0.29) is 24.5 Å². The van der Waals surface area contributed by atoms with E-state index in [1.165, 1.54) is 7.11 Å². The molecule has 0 bridgehead atoms. The molecule has 0 unspecified atom stereocenters. The number of ether oxygens (including phenoxy) is 1. The summed E-state index contributed by atoms with van der Waals surface area (Å²) in [6, 6.07) is 0.0235. The van der Waals surface area contributed by atoms with Crippen LogP contribution in [0.4, 0.5) is 0 Å². The molecule has 0 saturated carbocycles. The molecule has 0 fully saturated rings. The molecule has 0 heterocycles. The number of nitrogens with zero attached hydrogens (tertiary/aromatic N) is 1. The molecule has 1 amide bonds. The summed E-state index contributed by atoms with van der Waals surface area (Å²) in [5.41, 5.74) is 0. The highest BCUT2D eigenvalue weighted by atomic mass is 16.5. The van der Waals surface area contributed by atoms with Crippen LogP contribution in [0.2, 0.25) is 0 Å². The lowest BCUT2D eigenvalue weighted by Crippen LogP contribution is -2.41. The molecule has 0 rings (SSSR count). The van der Waals surface area contributed by atoms with E-state index in [0.29, 0.717) is 12.3 Å². The molecular weight excluding hydrogens is 194 g/mol. The fourth-order valence-electron chi connectivity index (χ4n) is 1.23. The first-order valence-corrected chi connectivity index (χ1v) is 5.24. The van der Waals surface area contributed by atoms with Crippen LogP contribution in [0.25, 0.3) is 0 Å². The molecule has 0 aliphatic rings. The third-order valence-corrected chi connectivity index (χ3v) is 2.05. The van der Waals surface area contributed by atoms with E-state index in [1.54, 1.807) is 4.90 Å². The van der Waals surface area contributed by atoms with Gasteiger partial charge in [0.1, 0.15) is 6.54 Å². The lowest BCUT2D eigenvalue weighted by molar-refractivity contribution is -0.148. The lowest BCUT2D eigenvalue weighted by Gasteiger charge is -2.26. The molecule has 0 aromatic rings. The normalized spacial score (nSPS) is 10.6. The summed E-state index contributed by atoms with van der Waals surface area (Å²) in [5, 5.41) is 0. The quantitative estimate of drug-likeness (QED) is 0.652. The standard InChI is InChI=1S/C11H21NO3/c1-8(2)6-10(13)12(9(3)4)7-11(14)15-5/h8-9H,6-7H2,1-5H3. The zero-order chi connectivity index (χ0) is 12.0. The van der Waals surface area contributed by atoms with Crippen LogP contribution >= 0.6 is 0 Å². The van der Waals surface area contributed by atoms with Crippen LogP contribution in [-0.4, -0.2) is 36.5 Å². The number of rotatable bonds is 5. The minimum absolute atomic E-state index is 0.00500. The SMILES string of the molecule is COC(=O)CN(C(=O)CC(C)C)C(C)C. The Kier molecular flexibility index (Phi) is 5.97. The minimum Gasteiger partial charge on any atom is -0.468 e. The lowest BCUT2D eigenvalue weighted by atomic mass is 10.1. The van der Waals surface area contributed by atoms with Crippen molar-refractivity contribution in [2.45, 2.75) is 40.2 Å². The van der Waals surface area contributed by atoms with Gasteiger partial charge < -0.3 is 9.64 Å². The zero-order valence-corrected chi connectivity index (χ0v) is 10.2. The van der Waals surface area contributed by atoms with Crippen LogP contribution < -0.4 is 0 Å². The Morgan fingerprint density at radius 1 is 1.20 bits per heavy atom. The van der Waals surface area contributed by atoms with Crippen LogP contribution in [0, 0.1) is 5.92 Å². The summed E-state index contributed by atoms with van der Waals surface area (Å²) in [6.07, 6.45) is 0.467. The Morgan fingerprint density at radius 3 is 2.07 bits per heavy atom. The van der Waals surface area contributed by atoms with Gasteiger partial charge in [-0.3, -0.25) is 9.59 Å². The fourth-order valence-corrected chi connectivity index (χ4v) is 1.23. The van der Waals surface area contributed by atoms with Crippen molar-refractivity contribution in [1.29, 1.82) is 0 Å². The average molecular weight is 215 g/mol. The van der Waals surface area contributed by atoms with Crippen molar-refractivity contribution in [3.05, 3.63) is 0 Å². The summed E-state index contributed by atoms with van der Waals surface area (Å²) < 4.78 is 4.55. The summed E-state index contributed by atoms with van der Waals surface area (Å²) in [5.74, 6) is -0.0670. The molecule has 0 atom stereocenters. The molecule has 4 heteroatoms. The van der Waals surface area contributed by atoms with E-state index in [2.05, 4.69) is 4.74 Å². The number of carbonyl (C=O) groups is 2. The smallest absolute Gasteiger partial charge is 0.325 e. The second-order valence-corrected chi connectivity index (χ2v) is 4.29. The Labute approximate surface area is 91.6 Å². The molecule has 0 saturated heterocycles. The average Bonchev–Trinajstić information content (AvgIpc) is 2.11. The number of amides is 1. The number of hydrogen-bond donors (Lipinski definition) is 0. The molecule has 0 aromatic carbocycles. The van der Waals surface area contributed by atoms with Gasteiger partial charge in [-0.2, -0.15) is 0 Å². The molecule has 4 nitrogen and oxygen atoms in total. The van der Waals surface area contributed by atoms with E-state index < -0.39 is 0 Å². The number of methoxy groups -OCH3 is 1. The third kappa shape index (κ3) is 5.40. The van der Waals surface area contributed by atoms with Gasteiger partial charge in [0, 0.05) is 12.5 Å². The van der Waals surface area contributed by atoms with Gasteiger partial charge in [0.25, 0.3) is 0 Å². The second kappa shape index (κ2) is 6.43. The largest absolute Gasteiger partial charge is 0.468 e. The second-order valence-electron chi connectivity index (χ2n) is 4.29. The molecule has 15 heavy (non-hydrogen) atoms. The van der Waals surface area contributed by atoms with Gasteiger partial charge in [0.15, 0.2) is 0 Å². The van der Waals surface area contributed by atoms with Crippen LogP contribution in [0.3, 0.4) is 0 Å². The van der Waals surface area contributed by atoms with Crippen molar-refractivity contribution in [3.63, 3.8) is 0 Å². The molecule has 0 aromatic heterocycles. The van der Waals surface area contributed by atoms with Crippen molar-refractivity contribution >= 4 is 11.9 Å². The summed E-state index contributed by atoms with van der Waals surface area (Å²) in [4.78, 5) is 24.4. The van der Waals surface area contributed by atoms with Gasteiger partial charge in [-0.25, -0.2) is 0 Å². The van der Waals surface area contributed by atoms with Crippen molar-refractivity contribution in [2.24, 2.45) is 5.92 Å². The van der Waals surface area contributed by atoms with E-state index in [0.717, 1.165) is 0 Å². The summed E-state index contributed by atoms with van der Waals surface area (Å²) in [7, 11) is 1.33. The highest BCUT2D eigenvalue weighted by Crippen LogP contribution is 2.07. The first-order chi connectivity index (χ1) is 6.88. The van der Waals surface area contributed by atoms with E-state index in [9.17, 15) is 9.59 Å². The predicted molar refractivity (Wildman–Crippen MR) is 58.3 cm³/mol. The van der Waals surface area contributed by atoms with E-state index in [4.69, 9.17) is 0 Å². The number of carbonyl (C=O) groups excluding carboxylic acids is 2. The Hall–Kier alpha value is -1.06.